The third kappa shape index (κ3) is 3.96. The number of hydrogen-bond donors (Lipinski definition) is 0. The monoisotopic (exact) mass is 529 g/mol. The number of fused-ring (bicyclic) bond motifs is 4. The molecule has 0 fully saturated rings. The highest BCUT2D eigenvalue weighted by atomic mass is 15.2. The highest BCUT2D eigenvalue weighted by Crippen LogP contribution is 2.45. The zero-order chi connectivity index (χ0) is 28.6. The lowest BCUT2D eigenvalue weighted by Crippen LogP contribution is -2.61. The highest BCUT2D eigenvalue weighted by Gasteiger charge is 2.43. The molecule has 0 saturated carbocycles. The van der Waals surface area contributed by atoms with Gasteiger partial charge in [0.1, 0.15) is 0 Å². The first kappa shape index (κ1) is 25.2. The molecule has 0 unspecified atom stereocenters. The van der Waals surface area contributed by atoms with Gasteiger partial charge in [-0.2, -0.15) is 5.26 Å². The molecular weight excluding hydrogens is 497 g/mol. The first-order chi connectivity index (χ1) is 19.7. The van der Waals surface area contributed by atoms with Crippen LogP contribution in [0.2, 0.25) is 0 Å². The average molecular weight is 529 g/mol. The molecule has 0 N–H and O–H groups in total. The van der Waals surface area contributed by atoms with Gasteiger partial charge in [-0.3, -0.25) is 0 Å². The van der Waals surface area contributed by atoms with Crippen LogP contribution in [0.4, 0.5) is 34.1 Å². The van der Waals surface area contributed by atoms with Crippen LogP contribution < -0.4 is 26.2 Å². The van der Waals surface area contributed by atoms with Crippen LogP contribution in [0.25, 0.3) is 0 Å². The van der Waals surface area contributed by atoms with Crippen LogP contribution in [-0.4, -0.2) is 6.71 Å². The molecule has 0 amide bonds. The minimum atomic E-state index is 0.0586. The number of rotatable bonds is 2. The van der Waals surface area contributed by atoms with Crippen LogP contribution in [0, 0.1) is 52.9 Å². The maximum atomic E-state index is 10.3. The molecule has 0 spiro atoms. The average Bonchev–Trinajstić information content (AvgIpc) is 2.91. The maximum absolute atomic E-state index is 10.3. The van der Waals surface area contributed by atoms with E-state index in [4.69, 9.17) is 0 Å². The van der Waals surface area contributed by atoms with E-state index in [9.17, 15) is 5.26 Å². The number of aryl methyl sites for hydroxylation is 6. The summed E-state index contributed by atoms with van der Waals surface area (Å²) in [4.78, 5) is 4.77. The summed E-state index contributed by atoms with van der Waals surface area (Å²) in [5.41, 5.74) is 18.6. The van der Waals surface area contributed by atoms with Crippen molar-refractivity contribution in [1.82, 2.24) is 0 Å². The van der Waals surface area contributed by atoms with Gasteiger partial charge in [-0.1, -0.05) is 36.4 Å². The SMILES string of the molecule is Cc1cc(C)cc(N2c3cc(C)ccc3B3c4ccc(C)cc4N(c4cc(C)cc(C)c4)c4cc(C#N)cc2c43)c1. The summed E-state index contributed by atoms with van der Waals surface area (Å²) in [6.07, 6.45) is 0. The molecule has 0 aliphatic carbocycles. The Balaban J connectivity index is 1.63. The Morgan fingerprint density at radius 3 is 1.29 bits per heavy atom. The van der Waals surface area contributed by atoms with E-state index in [1.54, 1.807) is 0 Å². The van der Waals surface area contributed by atoms with Gasteiger partial charge in [0.2, 0.25) is 0 Å². The lowest BCUT2D eigenvalue weighted by molar-refractivity contribution is 1.22. The van der Waals surface area contributed by atoms with Crippen LogP contribution in [0.1, 0.15) is 38.9 Å². The number of nitrogens with zero attached hydrogens (tertiary/aromatic N) is 3. The highest BCUT2D eigenvalue weighted by molar-refractivity contribution is 7.00. The molecule has 2 heterocycles. The van der Waals surface area contributed by atoms with Gasteiger partial charge in [0, 0.05) is 34.1 Å². The van der Waals surface area contributed by atoms with Crippen molar-refractivity contribution in [2.75, 3.05) is 9.80 Å². The molecule has 4 heteroatoms. The minimum Gasteiger partial charge on any atom is -0.311 e. The summed E-state index contributed by atoms with van der Waals surface area (Å²) >= 11 is 0. The predicted molar refractivity (Wildman–Crippen MR) is 174 cm³/mol. The molecule has 2 aliphatic rings. The third-order valence-electron chi connectivity index (χ3n) is 8.44. The van der Waals surface area contributed by atoms with E-state index in [2.05, 4.69) is 142 Å². The first-order valence-corrected chi connectivity index (χ1v) is 14.3. The van der Waals surface area contributed by atoms with Gasteiger partial charge >= 0.3 is 0 Å². The second-order valence-electron chi connectivity index (χ2n) is 12.0. The second-order valence-corrected chi connectivity index (χ2v) is 12.0. The van der Waals surface area contributed by atoms with E-state index < -0.39 is 0 Å². The van der Waals surface area contributed by atoms with E-state index in [0.29, 0.717) is 5.56 Å². The van der Waals surface area contributed by atoms with Crippen molar-refractivity contribution in [1.29, 1.82) is 5.26 Å². The van der Waals surface area contributed by atoms with Crippen molar-refractivity contribution in [3.05, 3.63) is 124 Å². The molecule has 5 aromatic carbocycles. The molecule has 0 atom stereocenters. The molecule has 7 rings (SSSR count). The van der Waals surface area contributed by atoms with Crippen LogP contribution in [-0.2, 0) is 0 Å². The predicted octanol–water partition coefficient (Wildman–Crippen LogP) is 7.49. The van der Waals surface area contributed by atoms with Gasteiger partial charge in [0.15, 0.2) is 0 Å². The number of anilines is 6. The van der Waals surface area contributed by atoms with Gasteiger partial charge in [-0.15, -0.1) is 0 Å². The van der Waals surface area contributed by atoms with E-state index >= 15 is 0 Å². The summed E-state index contributed by atoms with van der Waals surface area (Å²) in [7, 11) is 0. The van der Waals surface area contributed by atoms with Gasteiger partial charge in [0.25, 0.3) is 6.71 Å². The van der Waals surface area contributed by atoms with Crippen LogP contribution in [0.5, 0.6) is 0 Å². The second kappa shape index (κ2) is 9.15. The Labute approximate surface area is 243 Å². The number of hydrogen-bond acceptors (Lipinski definition) is 3. The number of benzene rings is 5. The summed E-state index contributed by atoms with van der Waals surface area (Å²) in [6, 6.07) is 33.8. The van der Waals surface area contributed by atoms with Crippen molar-refractivity contribution in [2.45, 2.75) is 41.5 Å². The zero-order valence-electron chi connectivity index (χ0n) is 24.5. The van der Waals surface area contributed by atoms with Gasteiger partial charge < -0.3 is 9.80 Å². The van der Waals surface area contributed by atoms with E-state index in [1.807, 2.05) is 0 Å². The smallest absolute Gasteiger partial charge is 0.252 e. The molecule has 0 aromatic heterocycles. The Kier molecular flexibility index (Phi) is 5.63. The summed E-state index contributed by atoms with van der Waals surface area (Å²) in [5, 5.41) is 10.3. The van der Waals surface area contributed by atoms with Crippen LogP contribution in [0.3, 0.4) is 0 Å². The number of nitriles is 1. The molecule has 3 nitrogen and oxygen atoms in total. The fraction of sp³-hybridized carbons (Fsp3) is 0.162. The fourth-order valence-corrected chi connectivity index (χ4v) is 6.99. The molecular formula is C37H32BN3. The molecule has 0 saturated heterocycles. The molecule has 2 aliphatic heterocycles. The standard InChI is InChI=1S/C37H32BN3/c1-22-7-9-31-33(17-22)40(29-13-24(3)11-25(4)14-29)35-19-28(21-39)20-36-37(35)38(31)32-10-8-23(2)18-34(32)41(36)30-15-26(5)12-27(6)16-30/h7-20H,1-6H3. The third-order valence-corrected chi connectivity index (χ3v) is 8.44. The minimum absolute atomic E-state index is 0.0586. The van der Waals surface area contributed by atoms with Crippen molar-refractivity contribution in [3.63, 3.8) is 0 Å². The maximum Gasteiger partial charge on any atom is 0.252 e. The summed E-state index contributed by atoms with van der Waals surface area (Å²) in [6.45, 7) is 13.0. The molecule has 5 aromatic rings. The first-order valence-electron chi connectivity index (χ1n) is 14.3. The van der Waals surface area contributed by atoms with Crippen molar-refractivity contribution in [3.8, 4) is 6.07 Å². The molecule has 0 radical (unpaired) electrons. The van der Waals surface area contributed by atoms with Crippen molar-refractivity contribution < 1.29 is 0 Å². The Bertz CT molecular complexity index is 1780. The zero-order valence-corrected chi connectivity index (χ0v) is 24.5. The Hall–Kier alpha value is -4.75. The molecule has 41 heavy (non-hydrogen) atoms. The molecule has 198 valence electrons. The van der Waals surface area contributed by atoms with E-state index in [-0.39, 0.29) is 6.71 Å². The van der Waals surface area contributed by atoms with Gasteiger partial charge in [0.05, 0.1) is 11.6 Å². The molecule has 0 bridgehead atoms. The van der Waals surface area contributed by atoms with Gasteiger partial charge in [-0.25, -0.2) is 0 Å². The summed E-state index contributed by atoms with van der Waals surface area (Å²) in [5.74, 6) is 0. The lowest BCUT2D eigenvalue weighted by atomic mass is 9.33. The lowest BCUT2D eigenvalue weighted by Gasteiger charge is -2.44. The van der Waals surface area contributed by atoms with Crippen LogP contribution >= 0.6 is 0 Å². The topological polar surface area (TPSA) is 30.3 Å². The fourth-order valence-electron chi connectivity index (χ4n) is 6.99. The van der Waals surface area contributed by atoms with Crippen LogP contribution in [0.15, 0.2) is 84.9 Å². The summed E-state index contributed by atoms with van der Waals surface area (Å²) < 4.78 is 0. The van der Waals surface area contributed by atoms with E-state index in [1.165, 1.54) is 61.1 Å². The Morgan fingerprint density at radius 1 is 0.488 bits per heavy atom. The quantitative estimate of drug-likeness (QED) is 0.218. The van der Waals surface area contributed by atoms with Crippen molar-refractivity contribution >= 4 is 57.2 Å². The Morgan fingerprint density at radius 2 is 0.902 bits per heavy atom. The van der Waals surface area contributed by atoms with Crippen molar-refractivity contribution in [2.24, 2.45) is 0 Å². The normalized spacial score (nSPS) is 13.0. The largest absolute Gasteiger partial charge is 0.311 e. The van der Waals surface area contributed by atoms with E-state index in [0.717, 1.165) is 22.7 Å². The van der Waals surface area contributed by atoms with Gasteiger partial charge in [-0.05, 0) is 140 Å².